The van der Waals surface area contributed by atoms with Crippen LogP contribution in [0.3, 0.4) is 0 Å². The van der Waals surface area contributed by atoms with Crippen molar-refractivity contribution in [2.75, 3.05) is 27.2 Å². The van der Waals surface area contributed by atoms with Gasteiger partial charge in [0.25, 0.3) is 5.91 Å². The first-order valence-corrected chi connectivity index (χ1v) is 19.5. The topological polar surface area (TPSA) is 160 Å². The second-order valence-corrected chi connectivity index (χ2v) is 15.5. The molecule has 0 spiro atoms. The van der Waals surface area contributed by atoms with Gasteiger partial charge in [-0.15, -0.1) is 22.7 Å². The molecule has 1 saturated carbocycles. The van der Waals surface area contributed by atoms with Gasteiger partial charge in [0.2, 0.25) is 11.8 Å². The second kappa shape index (κ2) is 18.7. The number of carbonyl (C=O) groups excluding carboxylic acids is 5. The first kappa shape index (κ1) is 40.1. The molecule has 51 heavy (non-hydrogen) atoms. The predicted molar refractivity (Wildman–Crippen MR) is 195 cm³/mol. The van der Waals surface area contributed by atoms with Gasteiger partial charge in [-0.25, -0.2) is 9.97 Å². The smallest absolute Gasteiger partial charge is 0.308 e. The summed E-state index contributed by atoms with van der Waals surface area (Å²) in [5, 5.41) is 10.8. The number of methoxy groups -OCH3 is 1. The Labute approximate surface area is 308 Å². The SMILES string of the molecule is CCN1CCCC[C@@H]1C(=O)N[C@H](C(=O)N(C)C(C[C@@H](OC(C)=O)c1nc(C(=O)N[C@@H](Cc2nccs2)C[C@H](C)C(=O)OC)cs1)=C(C)C)C1CC1. The van der Waals surface area contributed by atoms with E-state index in [1.165, 1.54) is 36.7 Å². The zero-order valence-corrected chi connectivity index (χ0v) is 32.4. The van der Waals surface area contributed by atoms with Crippen molar-refractivity contribution in [3.8, 4) is 0 Å². The number of likely N-dealkylation sites (N-methyl/N-ethyl adjacent to an activating group) is 2. The van der Waals surface area contributed by atoms with E-state index in [-0.39, 0.29) is 41.9 Å². The number of esters is 2. The van der Waals surface area contributed by atoms with Crippen molar-refractivity contribution < 1.29 is 33.4 Å². The van der Waals surface area contributed by atoms with Gasteiger partial charge in [-0.1, -0.05) is 25.8 Å². The highest BCUT2D eigenvalue weighted by Crippen LogP contribution is 2.36. The van der Waals surface area contributed by atoms with E-state index < -0.39 is 36.0 Å². The fourth-order valence-electron chi connectivity index (χ4n) is 6.58. The number of nitrogens with one attached hydrogen (secondary N) is 2. The van der Waals surface area contributed by atoms with E-state index >= 15 is 0 Å². The molecule has 4 rings (SSSR count). The average molecular weight is 745 g/mol. The molecular weight excluding hydrogens is 693 g/mol. The van der Waals surface area contributed by atoms with Gasteiger partial charge < -0.3 is 25.0 Å². The largest absolute Gasteiger partial charge is 0.469 e. The number of thiazole rings is 2. The zero-order chi connectivity index (χ0) is 37.2. The van der Waals surface area contributed by atoms with Gasteiger partial charge in [-0.3, -0.25) is 28.9 Å². The normalized spacial score (nSPS) is 18.5. The highest BCUT2D eigenvalue weighted by molar-refractivity contribution is 7.10. The molecule has 2 fully saturated rings. The molecule has 2 aromatic heterocycles. The number of nitrogens with zero attached hydrogens (tertiary/aromatic N) is 4. The first-order valence-electron chi connectivity index (χ1n) is 17.7. The number of allylic oxidation sites excluding steroid dienone is 1. The van der Waals surface area contributed by atoms with Crippen molar-refractivity contribution in [3.05, 3.63) is 43.9 Å². The van der Waals surface area contributed by atoms with Gasteiger partial charge in [-0.05, 0) is 65.0 Å². The van der Waals surface area contributed by atoms with Gasteiger partial charge in [0.1, 0.15) is 16.7 Å². The van der Waals surface area contributed by atoms with E-state index in [4.69, 9.17) is 9.47 Å². The maximum absolute atomic E-state index is 14.1. The Morgan fingerprint density at radius 3 is 2.43 bits per heavy atom. The molecule has 2 aromatic rings. The van der Waals surface area contributed by atoms with E-state index in [1.54, 1.807) is 30.4 Å². The van der Waals surface area contributed by atoms with Crippen LogP contribution in [-0.2, 0) is 35.1 Å². The maximum Gasteiger partial charge on any atom is 0.308 e. The summed E-state index contributed by atoms with van der Waals surface area (Å²) in [5.41, 5.74) is 1.62. The van der Waals surface area contributed by atoms with Crippen molar-refractivity contribution in [1.29, 1.82) is 0 Å². The van der Waals surface area contributed by atoms with Crippen molar-refractivity contribution >= 4 is 52.3 Å². The lowest BCUT2D eigenvalue weighted by Gasteiger charge is -2.35. The monoisotopic (exact) mass is 744 g/mol. The van der Waals surface area contributed by atoms with Crippen LogP contribution >= 0.6 is 22.7 Å². The zero-order valence-electron chi connectivity index (χ0n) is 30.7. The van der Waals surface area contributed by atoms with Crippen molar-refractivity contribution in [1.82, 2.24) is 30.4 Å². The first-order chi connectivity index (χ1) is 24.3. The molecule has 3 heterocycles. The number of hydrogen-bond donors (Lipinski definition) is 2. The summed E-state index contributed by atoms with van der Waals surface area (Å²) in [6.45, 7) is 10.5. The van der Waals surface area contributed by atoms with Crippen molar-refractivity contribution in [3.63, 3.8) is 0 Å². The number of ether oxygens (including phenoxy) is 2. The minimum Gasteiger partial charge on any atom is -0.469 e. The Kier molecular flexibility index (Phi) is 14.7. The molecule has 0 bridgehead atoms. The van der Waals surface area contributed by atoms with Gasteiger partial charge in [-0.2, -0.15) is 0 Å². The van der Waals surface area contributed by atoms with Crippen LogP contribution in [-0.4, -0.2) is 94.8 Å². The Hall–Kier alpha value is -3.69. The Balaban J connectivity index is 1.49. The van der Waals surface area contributed by atoms with Crippen LogP contribution in [0.2, 0.25) is 0 Å². The minimum atomic E-state index is -0.867. The quantitative estimate of drug-likeness (QED) is 0.218. The lowest BCUT2D eigenvalue weighted by molar-refractivity contribution is -0.147. The lowest BCUT2D eigenvalue weighted by Crippen LogP contribution is -2.55. The average Bonchev–Trinajstić information content (AvgIpc) is 3.58. The third-order valence-corrected chi connectivity index (χ3v) is 11.2. The summed E-state index contributed by atoms with van der Waals surface area (Å²) in [7, 11) is 3.02. The second-order valence-electron chi connectivity index (χ2n) is 13.6. The summed E-state index contributed by atoms with van der Waals surface area (Å²) in [6, 6.07) is -1.30. The van der Waals surface area contributed by atoms with Crippen LogP contribution in [0.15, 0.2) is 28.2 Å². The van der Waals surface area contributed by atoms with E-state index in [2.05, 4.69) is 32.4 Å². The summed E-state index contributed by atoms with van der Waals surface area (Å²) in [4.78, 5) is 78.2. The van der Waals surface area contributed by atoms with Crippen LogP contribution in [0.5, 0.6) is 0 Å². The molecule has 280 valence electrons. The minimum absolute atomic E-state index is 0.0697. The molecule has 0 unspecified atom stereocenters. The molecule has 2 N–H and O–H groups in total. The fraction of sp³-hybridized carbons (Fsp3) is 0.639. The summed E-state index contributed by atoms with van der Waals surface area (Å²) < 4.78 is 10.6. The highest BCUT2D eigenvalue weighted by atomic mass is 32.1. The summed E-state index contributed by atoms with van der Waals surface area (Å²) in [6.07, 6.45) is 6.29. The van der Waals surface area contributed by atoms with Gasteiger partial charge in [0, 0.05) is 55.5 Å². The Bertz CT molecular complexity index is 1550. The predicted octanol–water partition coefficient (Wildman–Crippen LogP) is 4.66. The van der Waals surface area contributed by atoms with E-state index in [0.717, 1.165) is 55.8 Å². The molecule has 13 nitrogen and oxygen atoms in total. The van der Waals surface area contributed by atoms with Crippen LogP contribution in [0, 0.1) is 11.8 Å². The molecule has 2 aliphatic rings. The number of amides is 3. The number of rotatable bonds is 17. The Morgan fingerprint density at radius 2 is 1.82 bits per heavy atom. The van der Waals surface area contributed by atoms with Gasteiger partial charge >= 0.3 is 11.9 Å². The number of piperidine rings is 1. The van der Waals surface area contributed by atoms with Crippen LogP contribution in [0.4, 0.5) is 0 Å². The van der Waals surface area contributed by atoms with Crippen molar-refractivity contribution in [2.45, 2.75) is 110 Å². The molecule has 1 aliphatic heterocycles. The number of hydrogen-bond acceptors (Lipinski definition) is 12. The lowest BCUT2D eigenvalue weighted by atomic mass is 9.99. The maximum atomic E-state index is 14.1. The molecular formula is C36H52N6O7S2. The molecule has 0 radical (unpaired) electrons. The summed E-state index contributed by atoms with van der Waals surface area (Å²) >= 11 is 2.65. The molecule has 5 atom stereocenters. The fourth-order valence-corrected chi connectivity index (χ4v) is 8.11. The van der Waals surface area contributed by atoms with Crippen molar-refractivity contribution in [2.24, 2.45) is 11.8 Å². The third-order valence-electron chi connectivity index (χ3n) is 9.49. The van der Waals surface area contributed by atoms with Gasteiger partial charge in [0.05, 0.1) is 24.1 Å². The van der Waals surface area contributed by atoms with Crippen LogP contribution < -0.4 is 10.6 Å². The summed E-state index contributed by atoms with van der Waals surface area (Å²) in [5.74, 6) is -2.03. The third kappa shape index (κ3) is 11.1. The van der Waals surface area contributed by atoms with Crippen LogP contribution in [0.25, 0.3) is 0 Å². The number of likely N-dealkylation sites (tertiary alicyclic amines) is 1. The number of aromatic nitrogens is 2. The van der Waals surface area contributed by atoms with E-state index in [1.807, 2.05) is 19.2 Å². The molecule has 1 saturated heterocycles. The van der Waals surface area contributed by atoms with Crippen LogP contribution in [0.1, 0.15) is 106 Å². The highest BCUT2D eigenvalue weighted by Gasteiger charge is 2.41. The number of carbonyl (C=O) groups is 5. The molecule has 15 heteroatoms. The van der Waals surface area contributed by atoms with Gasteiger partial charge in [0.15, 0.2) is 6.10 Å². The van der Waals surface area contributed by atoms with E-state index in [9.17, 15) is 24.0 Å². The molecule has 0 aromatic carbocycles. The molecule has 1 aliphatic carbocycles. The standard InChI is InChI=1S/C36H52N6O7S2/c1-8-42-15-10-9-11-27(42)33(45)40-31(24-12-13-24)35(46)41(6)28(21(2)3)19-29(49-23(5)43)34-39-26(20-51-34)32(44)38-25(17-22(4)36(47)48-7)18-30-37-14-16-50-30/h14,16,20,22,24-25,27,29,31H,8-13,15,17-19H2,1-7H3,(H,38,44)(H,40,45)/t22-,25+,27+,29+,31-/m0/s1. The molecule has 3 amide bonds. The Morgan fingerprint density at radius 1 is 1.08 bits per heavy atom. The van der Waals surface area contributed by atoms with E-state index in [0.29, 0.717) is 23.5 Å².